The summed E-state index contributed by atoms with van der Waals surface area (Å²) in [6.45, 7) is 13.0. The smallest absolute Gasteiger partial charge is 0.288 e. The van der Waals surface area contributed by atoms with Gasteiger partial charge >= 0.3 is 0 Å². The molecular weight excluding hydrogens is 454 g/mol. The van der Waals surface area contributed by atoms with Gasteiger partial charge < -0.3 is 24.8 Å². The third-order valence-corrected chi connectivity index (χ3v) is 5.99. The van der Waals surface area contributed by atoms with Crippen molar-refractivity contribution in [3.8, 4) is 11.6 Å². The van der Waals surface area contributed by atoms with Gasteiger partial charge in [0.25, 0.3) is 5.69 Å². The Labute approximate surface area is 200 Å². The molecule has 0 aliphatic carbocycles. The molecule has 1 saturated heterocycles. The topological polar surface area (TPSA) is 84.5 Å². The number of hydrogen-bond acceptors (Lipinski definition) is 7. The highest BCUT2D eigenvalue weighted by atomic mass is 19.1. The largest absolute Gasteiger partial charge is 0.446 e. The van der Waals surface area contributed by atoms with Crippen molar-refractivity contribution in [3.05, 3.63) is 65.5 Å². The normalized spacial score (nSPS) is 13.6. The molecule has 0 bridgehead atoms. The van der Waals surface area contributed by atoms with E-state index in [0.717, 1.165) is 37.9 Å². The first kappa shape index (κ1) is 22.5. The maximum atomic E-state index is 15.1. The Morgan fingerprint density at radius 3 is 2.66 bits per heavy atom. The van der Waals surface area contributed by atoms with E-state index in [2.05, 4.69) is 35.3 Å². The van der Waals surface area contributed by atoms with Gasteiger partial charge in [-0.15, -0.1) is 0 Å². The van der Waals surface area contributed by atoms with Gasteiger partial charge in [0.15, 0.2) is 17.4 Å². The summed E-state index contributed by atoms with van der Waals surface area (Å²) in [5.41, 5.74) is 1.75. The number of fused-ring (bicyclic) bond motifs is 1. The molecule has 178 valence electrons. The molecule has 1 fully saturated rings. The number of nitrogens with one attached hydrogen (secondary N) is 2. The second kappa shape index (κ2) is 9.15. The van der Waals surface area contributed by atoms with E-state index in [9.17, 15) is 4.39 Å². The predicted octanol–water partition coefficient (Wildman–Crippen LogP) is 4.45. The van der Waals surface area contributed by atoms with Crippen molar-refractivity contribution in [1.82, 2.24) is 24.8 Å². The van der Waals surface area contributed by atoms with Crippen LogP contribution in [0.3, 0.4) is 0 Å². The number of halogens is 2. The monoisotopic (exact) mass is 476 g/mol. The van der Waals surface area contributed by atoms with Gasteiger partial charge in [0.2, 0.25) is 5.88 Å². The Morgan fingerprint density at radius 1 is 1.14 bits per heavy atom. The van der Waals surface area contributed by atoms with Crippen molar-refractivity contribution >= 4 is 33.9 Å². The number of anilines is 3. The summed E-state index contributed by atoms with van der Waals surface area (Å²) in [5.74, 6) is -1.33. The second-order valence-corrected chi connectivity index (χ2v) is 8.13. The molecule has 0 spiro atoms. The van der Waals surface area contributed by atoms with Crippen molar-refractivity contribution in [2.24, 2.45) is 7.05 Å². The maximum absolute atomic E-state index is 15.1. The van der Waals surface area contributed by atoms with Gasteiger partial charge in [0.05, 0.1) is 24.0 Å². The van der Waals surface area contributed by atoms with E-state index in [1.54, 1.807) is 36.9 Å². The van der Waals surface area contributed by atoms with Crippen LogP contribution in [0, 0.1) is 25.1 Å². The molecule has 11 heteroatoms. The fraction of sp³-hybridized carbons (Fsp3) is 0.250. The number of aromatic nitrogens is 4. The van der Waals surface area contributed by atoms with Gasteiger partial charge in [0, 0.05) is 50.4 Å². The zero-order valence-electron chi connectivity index (χ0n) is 19.1. The molecule has 1 aromatic carbocycles. The molecule has 0 atom stereocenters. The van der Waals surface area contributed by atoms with Gasteiger partial charge in [0.1, 0.15) is 18.0 Å². The number of rotatable bonds is 5. The Morgan fingerprint density at radius 2 is 1.94 bits per heavy atom. The first-order valence-corrected chi connectivity index (χ1v) is 11.0. The van der Waals surface area contributed by atoms with Crippen LogP contribution in [0.15, 0.2) is 36.8 Å². The first-order chi connectivity index (χ1) is 17.0. The summed E-state index contributed by atoms with van der Waals surface area (Å²) in [5, 5.41) is 6.39. The van der Waals surface area contributed by atoms with Crippen LogP contribution < -0.4 is 20.3 Å². The molecule has 4 aromatic rings. The molecule has 35 heavy (non-hydrogen) atoms. The quantitative estimate of drug-likeness (QED) is 0.412. The third-order valence-electron chi connectivity index (χ3n) is 5.99. The zero-order chi connectivity index (χ0) is 24.5. The Kier molecular flexibility index (Phi) is 5.88. The summed E-state index contributed by atoms with van der Waals surface area (Å²) >= 11 is 0. The number of pyridine rings is 1. The lowest BCUT2D eigenvalue weighted by molar-refractivity contribution is 0.428. The molecule has 9 nitrogen and oxygen atoms in total. The molecule has 4 heterocycles. The molecule has 0 amide bonds. The Hall–Kier alpha value is -4.30. The summed E-state index contributed by atoms with van der Waals surface area (Å²) < 4.78 is 37.0. The lowest BCUT2D eigenvalue weighted by atomic mass is 10.2. The number of piperazine rings is 1. The van der Waals surface area contributed by atoms with Crippen LogP contribution in [0.1, 0.15) is 5.69 Å². The van der Waals surface area contributed by atoms with Crippen LogP contribution in [-0.2, 0) is 7.05 Å². The summed E-state index contributed by atoms with van der Waals surface area (Å²) in [7, 11) is 1.66. The summed E-state index contributed by atoms with van der Waals surface area (Å²) in [6.07, 6.45) is 2.93. The van der Waals surface area contributed by atoms with Crippen LogP contribution in [0.4, 0.5) is 31.8 Å². The first-order valence-electron chi connectivity index (χ1n) is 11.0. The molecule has 2 N–H and O–H groups in total. The zero-order valence-corrected chi connectivity index (χ0v) is 19.1. The number of nitrogens with zero attached hydrogens (tertiary/aromatic N) is 6. The standard InChI is InChI=1S/C24H22F2N8O/c1-14-10-16-20(26)18(11-17(25)22(16)33(14)3)35-24-21(27-2)23(30-13-31-24)32-19-5-4-15(12-29-19)34-8-6-28-7-9-34/h4-5,10-13,28H,6-9H2,1,3H3,(H,29,30,31,32). The molecule has 5 rings (SSSR count). The fourth-order valence-corrected chi connectivity index (χ4v) is 4.07. The van der Waals surface area contributed by atoms with Crippen LogP contribution in [0.25, 0.3) is 15.7 Å². The van der Waals surface area contributed by atoms with E-state index in [1.807, 2.05) is 6.07 Å². The summed E-state index contributed by atoms with van der Waals surface area (Å²) in [4.78, 5) is 18.2. The SMILES string of the molecule is [C-]#[N+]c1c(Nc2ccc(N3CCNCC3)cn2)ncnc1Oc1cc(F)c2c(cc(C)n2C)c1F. The highest BCUT2D eigenvalue weighted by Gasteiger charge is 2.21. The number of ether oxygens (including phenoxy) is 1. The summed E-state index contributed by atoms with van der Waals surface area (Å²) in [6, 6.07) is 6.22. The van der Waals surface area contributed by atoms with Crippen molar-refractivity contribution in [3.63, 3.8) is 0 Å². The number of aryl methyl sites for hydroxylation is 2. The van der Waals surface area contributed by atoms with Crippen LogP contribution in [-0.4, -0.2) is 45.7 Å². The lowest BCUT2D eigenvalue weighted by Crippen LogP contribution is -2.43. The van der Waals surface area contributed by atoms with Crippen molar-refractivity contribution in [2.75, 3.05) is 36.4 Å². The fourth-order valence-electron chi connectivity index (χ4n) is 4.07. The molecule has 0 radical (unpaired) electrons. The second-order valence-electron chi connectivity index (χ2n) is 8.13. The molecule has 0 unspecified atom stereocenters. The van der Waals surface area contributed by atoms with E-state index in [4.69, 9.17) is 11.3 Å². The molecule has 0 saturated carbocycles. The van der Waals surface area contributed by atoms with Gasteiger partial charge in [-0.1, -0.05) is 0 Å². The Bertz CT molecular complexity index is 1440. The molecule has 1 aliphatic heterocycles. The van der Waals surface area contributed by atoms with Gasteiger partial charge in [-0.3, -0.25) is 0 Å². The molecule has 3 aromatic heterocycles. The minimum atomic E-state index is -0.737. The average Bonchev–Trinajstić information content (AvgIpc) is 3.18. The lowest BCUT2D eigenvalue weighted by Gasteiger charge is -2.29. The van der Waals surface area contributed by atoms with Crippen molar-refractivity contribution in [1.29, 1.82) is 0 Å². The molecular formula is C24H22F2N8O. The van der Waals surface area contributed by atoms with Crippen molar-refractivity contribution in [2.45, 2.75) is 6.92 Å². The van der Waals surface area contributed by atoms with Gasteiger partial charge in [-0.05, 0) is 25.1 Å². The number of hydrogen-bond donors (Lipinski definition) is 2. The van der Waals surface area contributed by atoms with E-state index in [0.29, 0.717) is 11.5 Å². The number of benzene rings is 1. The van der Waals surface area contributed by atoms with E-state index >= 15 is 4.39 Å². The average molecular weight is 476 g/mol. The minimum Gasteiger partial charge on any atom is -0.446 e. The van der Waals surface area contributed by atoms with E-state index in [1.165, 1.54) is 6.33 Å². The third kappa shape index (κ3) is 4.20. The highest BCUT2D eigenvalue weighted by Crippen LogP contribution is 2.39. The van der Waals surface area contributed by atoms with Gasteiger partial charge in [-0.2, -0.15) is 0 Å². The molecule has 1 aliphatic rings. The van der Waals surface area contributed by atoms with E-state index in [-0.39, 0.29) is 34.0 Å². The Balaban J connectivity index is 1.42. The predicted molar refractivity (Wildman–Crippen MR) is 129 cm³/mol. The van der Waals surface area contributed by atoms with Crippen LogP contribution in [0.5, 0.6) is 11.6 Å². The maximum Gasteiger partial charge on any atom is 0.288 e. The van der Waals surface area contributed by atoms with E-state index < -0.39 is 11.6 Å². The van der Waals surface area contributed by atoms with Crippen LogP contribution >= 0.6 is 0 Å². The highest BCUT2D eigenvalue weighted by molar-refractivity contribution is 5.84. The van der Waals surface area contributed by atoms with Crippen LogP contribution in [0.2, 0.25) is 0 Å². The minimum absolute atomic E-state index is 0.0790. The van der Waals surface area contributed by atoms with Crippen molar-refractivity contribution < 1.29 is 13.5 Å². The van der Waals surface area contributed by atoms with Gasteiger partial charge in [-0.25, -0.2) is 28.6 Å².